The van der Waals surface area contributed by atoms with Gasteiger partial charge in [-0.25, -0.2) is 14.8 Å². The van der Waals surface area contributed by atoms with Gasteiger partial charge in [0.25, 0.3) is 5.91 Å². The molecule has 0 fully saturated rings. The number of aliphatic hydroxyl groups is 1. The summed E-state index contributed by atoms with van der Waals surface area (Å²) < 4.78 is 66.7. The van der Waals surface area contributed by atoms with Crippen LogP contribution in [0.4, 0.5) is 17.6 Å². The number of carbonyl (C=O) groups is 1. The summed E-state index contributed by atoms with van der Waals surface area (Å²) in [6, 6.07) is 25.7. The van der Waals surface area contributed by atoms with Crippen LogP contribution in [0, 0.1) is 5.82 Å². The molecule has 12 heteroatoms. The Balaban J connectivity index is 1.48. The van der Waals surface area contributed by atoms with E-state index in [1.54, 1.807) is 24.3 Å². The number of nitrogens with zero attached hydrogens (tertiary/aromatic N) is 1. The number of benzene rings is 4. The molecule has 1 aliphatic heterocycles. The average Bonchev–Trinajstić information content (AvgIpc) is 3.42. The SMILES string of the molecule is O=C(NNCc1cc(F)cc(C(F)(F)F)c1)[C@@]1(Cc2ccccc2)N=C(c2ccc(OCCCO)cc2)O[C@H]1c1ccc(Br)cc1. The summed E-state index contributed by atoms with van der Waals surface area (Å²) >= 11 is 3.44. The quantitative estimate of drug-likeness (QED) is 0.0871. The van der Waals surface area contributed by atoms with E-state index in [9.17, 15) is 22.4 Å². The van der Waals surface area contributed by atoms with Gasteiger partial charge in [0.15, 0.2) is 11.6 Å². The van der Waals surface area contributed by atoms with E-state index in [-0.39, 0.29) is 31.0 Å². The van der Waals surface area contributed by atoms with Crippen molar-refractivity contribution in [3.05, 3.63) is 135 Å². The van der Waals surface area contributed by atoms with E-state index in [1.807, 2.05) is 54.6 Å². The number of ether oxygens (including phenoxy) is 2. The summed E-state index contributed by atoms with van der Waals surface area (Å²) in [5.74, 6) is -0.850. The predicted molar refractivity (Wildman–Crippen MR) is 167 cm³/mol. The maximum atomic E-state index is 14.2. The van der Waals surface area contributed by atoms with E-state index in [0.29, 0.717) is 36.0 Å². The molecule has 46 heavy (non-hydrogen) atoms. The molecule has 0 bridgehead atoms. The molecule has 240 valence electrons. The van der Waals surface area contributed by atoms with Crippen LogP contribution in [0.15, 0.2) is 107 Å². The molecule has 0 spiro atoms. The Morgan fingerprint density at radius 3 is 2.37 bits per heavy atom. The lowest BCUT2D eigenvalue weighted by Crippen LogP contribution is -2.53. The third-order valence-corrected chi connectivity index (χ3v) is 7.83. The number of rotatable bonds is 12. The van der Waals surface area contributed by atoms with Crippen LogP contribution in [0.2, 0.25) is 0 Å². The van der Waals surface area contributed by atoms with Crippen molar-refractivity contribution in [3.63, 3.8) is 0 Å². The highest BCUT2D eigenvalue weighted by atomic mass is 79.9. The van der Waals surface area contributed by atoms with Gasteiger partial charge < -0.3 is 14.6 Å². The highest BCUT2D eigenvalue weighted by Crippen LogP contribution is 2.43. The van der Waals surface area contributed by atoms with Gasteiger partial charge in [-0.1, -0.05) is 58.4 Å². The number of aliphatic imine (C=N–C) groups is 1. The molecule has 1 aliphatic rings. The normalized spacial score (nSPS) is 17.7. The molecular formula is C34H30BrF4N3O4. The van der Waals surface area contributed by atoms with Crippen molar-refractivity contribution in [1.82, 2.24) is 10.9 Å². The van der Waals surface area contributed by atoms with E-state index in [2.05, 4.69) is 26.8 Å². The molecule has 0 saturated carbocycles. The lowest BCUT2D eigenvalue weighted by Gasteiger charge is -2.31. The summed E-state index contributed by atoms with van der Waals surface area (Å²) in [4.78, 5) is 19.1. The predicted octanol–water partition coefficient (Wildman–Crippen LogP) is 6.69. The summed E-state index contributed by atoms with van der Waals surface area (Å²) in [7, 11) is 0. The van der Waals surface area contributed by atoms with Crippen LogP contribution in [0.5, 0.6) is 5.75 Å². The molecule has 4 aromatic rings. The van der Waals surface area contributed by atoms with Gasteiger partial charge in [-0.3, -0.25) is 10.2 Å². The van der Waals surface area contributed by atoms with Crippen LogP contribution in [0.3, 0.4) is 0 Å². The molecule has 0 radical (unpaired) electrons. The average molecular weight is 701 g/mol. The van der Waals surface area contributed by atoms with Crippen molar-refractivity contribution in [3.8, 4) is 5.75 Å². The first-order chi connectivity index (χ1) is 22.1. The third kappa shape index (κ3) is 7.93. The van der Waals surface area contributed by atoms with Crippen molar-refractivity contribution in [1.29, 1.82) is 0 Å². The van der Waals surface area contributed by atoms with Gasteiger partial charge in [-0.05, 0) is 71.3 Å². The van der Waals surface area contributed by atoms with E-state index < -0.39 is 35.1 Å². The minimum atomic E-state index is -4.73. The first kappa shape index (κ1) is 33.1. The maximum absolute atomic E-state index is 14.2. The first-order valence-electron chi connectivity index (χ1n) is 14.4. The zero-order chi connectivity index (χ0) is 32.7. The summed E-state index contributed by atoms with van der Waals surface area (Å²) in [6.45, 7) is 0.0724. The van der Waals surface area contributed by atoms with E-state index in [0.717, 1.165) is 22.2 Å². The fraction of sp³-hybridized carbons (Fsp3) is 0.235. The fourth-order valence-electron chi connectivity index (χ4n) is 5.08. The minimum absolute atomic E-state index is 0.0113. The number of nitrogens with one attached hydrogen (secondary N) is 2. The molecule has 1 heterocycles. The topological polar surface area (TPSA) is 92.2 Å². The van der Waals surface area contributed by atoms with Crippen molar-refractivity contribution in [2.24, 2.45) is 4.99 Å². The summed E-state index contributed by atoms with van der Waals surface area (Å²) in [6.07, 6.45) is -5.02. The second-order valence-electron chi connectivity index (χ2n) is 10.7. The Morgan fingerprint density at radius 2 is 1.70 bits per heavy atom. The number of aliphatic hydroxyl groups excluding tert-OH is 1. The molecule has 0 aliphatic carbocycles. The molecule has 5 rings (SSSR count). The van der Waals surface area contributed by atoms with Gasteiger partial charge in [0.2, 0.25) is 5.90 Å². The Morgan fingerprint density at radius 1 is 0.978 bits per heavy atom. The number of hydrogen-bond acceptors (Lipinski definition) is 6. The largest absolute Gasteiger partial charge is 0.494 e. The Hall–Kier alpha value is -4.26. The van der Waals surface area contributed by atoms with Gasteiger partial charge in [-0.15, -0.1) is 0 Å². The smallest absolute Gasteiger partial charge is 0.416 e. The fourth-order valence-corrected chi connectivity index (χ4v) is 5.34. The van der Waals surface area contributed by atoms with Gasteiger partial charge in [0.1, 0.15) is 11.6 Å². The zero-order valence-electron chi connectivity index (χ0n) is 24.4. The number of halogens is 5. The summed E-state index contributed by atoms with van der Waals surface area (Å²) in [5, 5.41) is 9.02. The van der Waals surface area contributed by atoms with Crippen LogP contribution in [0.25, 0.3) is 0 Å². The number of hydrazine groups is 1. The third-order valence-electron chi connectivity index (χ3n) is 7.30. The Kier molecular flexibility index (Phi) is 10.4. The van der Waals surface area contributed by atoms with Gasteiger partial charge in [-0.2, -0.15) is 13.2 Å². The van der Waals surface area contributed by atoms with Crippen LogP contribution < -0.4 is 15.6 Å². The monoisotopic (exact) mass is 699 g/mol. The zero-order valence-corrected chi connectivity index (χ0v) is 25.9. The van der Waals surface area contributed by atoms with Crippen LogP contribution in [-0.4, -0.2) is 35.7 Å². The minimum Gasteiger partial charge on any atom is -0.494 e. The van der Waals surface area contributed by atoms with Gasteiger partial charge >= 0.3 is 6.18 Å². The molecule has 1 amide bonds. The van der Waals surface area contributed by atoms with Crippen LogP contribution in [0.1, 0.15) is 40.3 Å². The van der Waals surface area contributed by atoms with Gasteiger partial charge in [0.05, 0.1) is 12.2 Å². The number of amides is 1. The first-order valence-corrected chi connectivity index (χ1v) is 15.2. The highest BCUT2D eigenvalue weighted by molar-refractivity contribution is 9.10. The van der Waals surface area contributed by atoms with Crippen molar-refractivity contribution in [2.75, 3.05) is 13.2 Å². The second kappa shape index (κ2) is 14.4. The molecular weight excluding hydrogens is 670 g/mol. The van der Waals surface area contributed by atoms with E-state index in [1.165, 1.54) is 0 Å². The lowest BCUT2D eigenvalue weighted by atomic mass is 9.82. The molecule has 0 aromatic heterocycles. The standard InChI is InChI=1S/C34H30BrF4N3O4/c35-27-11-7-24(8-12-27)30-33(20-22-5-2-1-3-6-22,41-31(46-30)25-9-13-29(14-10-25)45-16-4-15-43)32(44)42-40-21-23-17-26(34(37,38)39)19-28(36)18-23/h1-3,5-14,17-19,30,40,43H,4,15-16,20-21H2,(H,42,44)/t30-,33-/m0/s1. The second-order valence-corrected chi connectivity index (χ2v) is 11.6. The molecule has 7 nitrogen and oxygen atoms in total. The molecule has 0 saturated heterocycles. The summed E-state index contributed by atoms with van der Waals surface area (Å²) in [5.41, 5.74) is 4.61. The number of alkyl halides is 3. The van der Waals surface area contributed by atoms with Crippen LogP contribution in [-0.2, 0) is 28.7 Å². The number of carbonyl (C=O) groups excluding carboxylic acids is 1. The highest BCUT2D eigenvalue weighted by Gasteiger charge is 2.53. The molecule has 3 N–H and O–H groups in total. The lowest BCUT2D eigenvalue weighted by molar-refractivity contribution is -0.138. The molecule has 0 unspecified atom stereocenters. The van der Waals surface area contributed by atoms with E-state index >= 15 is 0 Å². The Labute approximate surface area is 271 Å². The van der Waals surface area contributed by atoms with E-state index in [4.69, 9.17) is 19.6 Å². The molecule has 2 atom stereocenters. The Bertz CT molecular complexity index is 1670. The number of hydrogen-bond donors (Lipinski definition) is 3. The van der Waals surface area contributed by atoms with Crippen LogP contribution >= 0.6 is 15.9 Å². The van der Waals surface area contributed by atoms with Crippen molar-refractivity contribution in [2.45, 2.75) is 37.2 Å². The van der Waals surface area contributed by atoms with Crippen molar-refractivity contribution >= 4 is 27.7 Å². The van der Waals surface area contributed by atoms with Crippen molar-refractivity contribution < 1.29 is 36.9 Å². The maximum Gasteiger partial charge on any atom is 0.416 e. The molecule has 4 aromatic carbocycles. The van der Waals surface area contributed by atoms with Gasteiger partial charge in [0, 0.05) is 36.0 Å².